The van der Waals surface area contributed by atoms with E-state index in [2.05, 4.69) is 0 Å². The van der Waals surface area contributed by atoms with Gasteiger partial charge in [0.15, 0.2) is 5.78 Å². The van der Waals surface area contributed by atoms with Gasteiger partial charge in [0.05, 0.1) is 5.92 Å². The van der Waals surface area contributed by atoms with Crippen molar-refractivity contribution in [2.75, 3.05) is 0 Å². The molecule has 0 fully saturated rings. The lowest BCUT2D eigenvalue weighted by Gasteiger charge is -2.04. The molecule has 0 aliphatic carbocycles. The first kappa shape index (κ1) is 11.7. The van der Waals surface area contributed by atoms with Crippen LogP contribution < -0.4 is 4.74 Å². The summed E-state index contributed by atoms with van der Waals surface area (Å²) in [6.07, 6.45) is 0. The zero-order chi connectivity index (χ0) is 13.4. The summed E-state index contributed by atoms with van der Waals surface area (Å²) >= 11 is 0. The fraction of sp³-hybridized carbons (Fsp3) is 0.125. The standard InChI is InChI=1S/C16H12O3/c1-10-13-9-12(7-8-14(13)19-16(10)18)15(17)11-5-3-2-4-6-11/h2-10H,1H3/t10-/m1/s1. The van der Waals surface area contributed by atoms with Crippen LogP contribution in [0, 0.1) is 0 Å². The van der Waals surface area contributed by atoms with Crippen LogP contribution in [-0.4, -0.2) is 11.8 Å². The van der Waals surface area contributed by atoms with Gasteiger partial charge in [-0.25, -0.2) is 0 Å². The van der Waals surface area contributed by atoms with E-state index >= 15 is 0 Å². The van der Waals surface area contributed by atoms with Crippen LogP contribution in [0.15, 0.2) is 48.5 Å². The van der Waals surface area contributed by atoms with Gasteiger partial charge in [-0.1, -0.05) is 30.3 Å². The van der Waals surface area contributed by atoms with Crippen LogP contribution in [0.4, 0.5) is 0 Å². The van der Waals surface area contributed by atoms with E-state index in [0.717, 1.165) is 5.56 Å². The summed E-state index contributed by atoms with van der Waals surface area (Å²) in [6, 6.07) is 14.2. The third kappa shape index (κ3) is 1.93. The van der Waals surface area contributed by atoms with Gasteiger partial charge < -0.3 is 4.74 Å². The smallest absolute Gasteiger partial charge is 0.318 e. The van der Waals surface area contributed by atoms with E-state index in [0.29, 0.717) is 16.9 Å². The van der Waals surface area contributed by atoms with E-state index in [-0.39, 0.29) is 17.7 Å². The van der Waals surface area contributed by atoms with E-state index < -0.39 is 0 Å². The topological polar surface area (TPSA) is 43.4 Å². The largest absolute Gasteiger partial charge is 0.426 e. The number of fused-ring (bicyclic) bond motifs is 1. The summed E-state index contributed by atoms with van der Waals surface area (Å²) in [5, 5.41) is 0. The Morgan fingerprint density at radius 2 is 1.79 bits per heavy atom. The highest BCUT2D eigenvalue weighted by molar-refractivity contribution is 6.09. The van der Waals surface area contributed by atoms with Crippen molar-refractivity contribution in [2.24, 2.45) is 0 Å². The monoisotopic (exact) mass is 252 g/mol. The number of esters is 1. The molecule has 1 atom stereocenters. The summed E-state index contributed by atoms with van der Waals surface area (Å²) in [6.45, 7) is 1.78. The normalized spacial score (nSPS) is 16.9. The van der Waals surface area contributed by atoms with Crippen molar-refractivity contribution in [3.05, 3.63) is 65.2 Å². The van der Waals surface area contributed by atoms with Crippen LogP contribution in [0.1, 0.15) is 34.3 Å². The number of carbonyl (C=O) groups excluding carboxylic acids is 2. The maximum Gasteiger partial charge on any atom is 0.318 e. The molecule has 0 bridgehead atoms. The van der Waals surface area contributed by atoms with E-state index in [1.54, 1.807) is 37.3 Å². The molecule has 94 valence electrons. The lowest BCUT2D eigenvalue weighted by atomic mass is 9.96. The van der Waals surface area contributed by atoms with E-state index in [1.807, 2.05) is 18.2 Å². The molecule has 3 heteroatoms. The Balaban J connectivity index is 2.00. The number of hydrogen-bond acceptors (Lipinski definition) is 3. The van der Waals surface area contributed by atoms with Crippen LogP contribution >= 0.6 is 0 Å². The first-order valence-electron chi connectivity index (χ1n) is 6.12. The van der Waals surface area contributed by atoms with Crippen molar-refractivity contribution in [1.29, 1.82) is 0 Å². The number of carbonyl (C=O) groups is 2. The molecule has 3 nitrogen and oxygen atoms in total. The number of ketones is 1. The average molecular weight is 252 g/mol. The molecular weight excluding hydrogens is 240 g/mol. The number of ether oxygens (including phenoxy) is 1. The molecule has 2 aromatic carbocycles. The lowest BCUT2D eigenvalue weighted by Crippen LogP contribution is -2.06. The first-order chi connectivity index (χ1) is 9.16. The van der Waals surface area contributed by atoms with Gasteiger partial charge >= 0.3 is 5.97 Å². The Bertz CT molecular complexity index is 659. The summed E-state index contributed by atoms with van der Waals surface area (Å²) < 4.78 is 5.11. The highest BCUT2D eigenvalue weighted by atomic mass is 16.5. The molecule has 0 amide bonds. The van der Waals surface area contributed by atoms with Crippen molar-refractivity contribution in [2.45, 2.75) is 12.8 Å². The fourth-order valence-corrected chi connectivity index (χ4v) is 2.20. The lowest BCUT2D eigenvalue weighted by molar-refractivity contribution is -0.133. The van der Waals surface area contributed by atoms with Crippen LogP contribution in [0.5, 0.6) is 5.75 Å². The van der Waals surface area contributed by atoms with Gasteiger partial charge in [-0.3, -0.25) is 9.59 Å². The molecule has 0 aromatic heterocycles. The fourth-order valence-electron chi connectivity index (χ4n) is 2.20. The van der Waals surface area contributed by atoms with Gasteiger partial charge in [0.1, 0.15) is 5.75 Å². The summed E-state index contributed by atoms with van der Waals surface area (Å²) in [5.41, 5.74) is 2.00. The van der Waals surface area contributed by atoms with E-state index in [4.69, 9.17) is 4.74 Å². The Labute approximate surface area is 110 Å². The molecule has 0 spiro atoms. The number of hydrogen-bond donors (Lipinski definition) is 0. The Kier molecular flexibility index (Phi) is 2.67. The molecule has 0 radical (unpaired) electrons. The minimum absolute atomic E-state index is 0.0463. The molecule has 1 aliphatic heterocycles. The van der Waals surface area contributed by atoms with Crippen LogP contribution in [0.3, 0.4) is 0 Å². The molecule has 1 heterocycles. The second-order valence-electron chi connectivity index (χ2n) is 4.59. The summed E-state index contributed by atoms with van der Waals surface area (Å²) in [7, 11) is 0. The number of benzene rings is 2. The van der Waals surface area contributed by atoms with Gasteiger partial charge in [-0.15, -0.1) is 0 Å². The van der Waals surface area contributed by atoms with Crippen molar-refractivity contribution in [3.8, 4) is 5.75 Å². The van der Waals surface area contributed by atoms with Gasteiger partial charge in [0.2, 0.25) is 0 Å². The van der Waals surface area contributed by atoms with E-state index in [9.17, 15) is 9.59 Å². The van der Waals surface area contributed by atoms with Crippen molar-refractivity contribution >= 4 is 11.8 Å². The van der Waals surface area contributed by atoms with Crippen molar-refractivity contribution in [3.63, 3.8) is 0 Å². The predicted molar refractivity (Wildman–Crippen MR) is 70.4 cm³/mol. The molecular formula is C16H12O3. The minimum Gasteiger partial charge on any atom is -0.426 e. The second-order valence-corrected chi connectivity index (χ2v) is 4.59. The Morgan fingerprint density at radius 1 is 1.05 bits per heavy atom. The molecule has 0 unspecified atom stereocenters. The van der Waals surface area contributed by atoms with Gasteiger partial charge in [-0.05, 0) is 25.1 Å². The number of rotatable bonds is 2. The summed E-state index contributed by atoms with van der Waals surface area (Å²) in [4.78, 5) is 23.8. The third-order valence-electron chi connectivity index (χ3n) is 3.34. The zero-order valence-corrected chi connectivity index (χ0v) is 10.4. The van der Waals surface area contributed by atoms with Gasteiger partial charge in [-0.2, -0.15) is 0 Å². The Hall–Kier alpha value is -2.42. The van der Waals surface area contributed by atoms with Gasteiger partial charge in [0, 0.05) is 16.7 Å². The highest BCUT2D eigenvalue weighted by Crippen LogP contribution is 2.35. The SMILES string of the molecule is C[C@H]1C(=O)Oc2ccc(C(=O)c3ccccc3)cc21. The predicted octanol–water partition coefficient (Wildman–Crippen LogP) is 2.94. The molecule has 19 heavy (non-hydrogen) atoms. The molecule has 0 saturated carbocycles. The second kappa shape index (κ2) is 4.35. The molecule has 1 aliphatic rings. The average Bonchev–Trinajstić information content (AvgIpc) is 2.74. The van der Waals surface area contributed by atoms with Gasteiger partial charge in [0.25, 0.3) is 0 Å². The van der Waals surface area contributed by atoms with Crippen molar-refractivity contribution < 1.29 is 14.3 Å². The maximum atomic E-state index is 12.3. The maximum absolute atomic E-state index is 12.3. The van der Waals surface area contributed by atoms with Crippen molar-refractivity contribution in [1.82, 2.24) is 0 Å². The highest BCUT2D eigenvalue weighted by Gasteiger charge is 2.29. The van der Waals surface area contributed by atoms with Crippen LogP contribution in [-0.2, 0) is 4.79 Å². The molecule has 3 rings (SSSR count). The summed E-state index contributed by atoms with van der Waals surface area (Å²) in [5.74, 6) is -0.0603. The van der Waals surface area contributed by atoms with Crippen LogP contribution in [0.2, 0.25) is 0 Å². The molecule has 0 saturated heterocycles. The zero-order valence-electron chi connectivity index (χ0n) is 10.4. The minimum atomic E-state index is -0.307. The Morgan fingerprint density at radius 3 is 2.53 bits per heavy atom. The van der Waals surface area contributed by atoms with Crippen LogP contribution in [0.25, 0.3) is 0 Å². The third-order valence-corrected chi connectivity index (χ3v) is 3.34. The van der Waals surface area contributed by atoms with E-state index in [1.165, 1.54) is 0 Å². The first-order valence-corrected chi connectivity index (χ1v) is 6.12. The quantitative estimate of drug-likeness (QED) is 0.469. The molecule has 2 aromatic rings. The molecule has 0 N–H and O–H groups in total.